The van der Waals surface area contributed by atoms with Crippen molar-refractivity contribution in [1.29, 1.82) is 0 Å². The van der Waals surface area contributed by atoms with Gasteiger partial charge in [-0.1, -0.05) is 18.9 Å². The Balaban J connectivity index is 1.36. The summed E-state index contributed by atoms with van der Waals surface area (Å²) in [5.41, 5.74) is 3.35. The molecule has 2 aromatic rings. The predicted molar refractivity (Wildman–Crippen MR) is 127 cm³/mol. The quantitative estimate of drug-likeness (QED) is 0.565. The van der Waals surface area contributed by atoms with Crippen molar-refractivity contribution in [2.45, 2.75) is 52.7 Å². The van der Waals surface area contributed by atoms with Gasteiger partial charge < -0.3 is 14.4 Å². The number of aryl methyl sites for hydroxylation is 2. The van der Waals surface area contributed by atoms with Crippen molar-refractivity contribution < 1.29 is 14.3 Å². The summed E-state index contributed by atoms with van der Waals surface area (Å²) in [6.07, 6.45) is 4.40. The molecule has 2 aliphatic rings. The normalized spacial score (nSPS) is 17.6. The van der Waals surface area contributed by atoms with Crippen LogP contribution in [0.1, 0.15) is 47.5 Å². The van der Waals surface area contributed by atoms with Crippen molar-refractivity contribution in [2.24, 2.45) is 5.92 Å². The van der Waals surface area contributed by atoms with E-state index in [1.165, 1.54) is 24.0 Å². The number of morpholine rings is 1. The minimum Gasteiger partial charge on any atom is -0.486 e. The zero-order valence-corrected chi connectivity index (χ0v) is 20.2. The highest BCUT2D eigenvalue weighted by Crippen LogP contribution is 2.27. The third-order valence-electron chi connectivity index (χ3n) is 6.32. The van der Waals surface area contributed by atoms with Crippen LogP contribution in [-0.4, -0.2) is 60.1 Å². The molecule has 0 N–H and O–H groups in total. The molecule has 2 heterocycles. The molecule has 6 nitrogen and oxygen atoms in total. The first-order chi connectivity index (χ1) is 15.6. The molecule has 0 atom stereocenters. The van der Waals surface area contributed by atoms with Gasteiger partial charge in [-0.05, 0) is 49.9 Å². The third kappa shape index (κ3) is 6.53. The molecule has 0 spiro atoms. The Bertz CT molecular complexity index is 868. The lowest BCUT2D eigenvalue weighted by molar-refractivity contribution is -0.136. The van der Waals surface area contributed by atoms with Gasteiger partial charge in [-0.25, -0.2) is 4.98 Å². The standard InChI is InChI=1S/C25H35N3O3S/c1-19-13-20(2)15-23(14-19)31-17-24-26-22(18-32-24)16-28(25(29)21-5-3-4-6-21)8-7-27-9-11-30-12-10-27/h13-15,18,21H,3-12,16-17H2,1-2H3. The number of hydrogen-bond donors (Lipinski definition) is 0. The van der Waals surface area contributed by atoms with Crippen LogP contribution in [0.25, 0.3) is 0 Å². The van der Waals surface area contributed by atoms with E-state index in [0.717, 1.165) is 68.7 Å². The van der Waals surface area contributed by atoms with Crippen LogP contribution in [0.5, 0.6) is 5.75 Å². The molecule has 1 aliphatic heterocycles. The van der Waals surface area contributed by atoms with Crippen molar-refractivity contribution in [3.63, 3.8) is 0 Å². The number of amides is 1. The van der Waals surface area contributed by atoms with Crippen LogP contribution in [0.3, 0.4) is 0 Å². The Morgan fingerprint density at radius 1 is 1.19 bits per heavy atom. The van der Waals surface area contributed by atoms with Gasteiger partial charge in [-0.15, -0.1) is 11.3 Å². The Kier molecular flexibility index (Phi) is 8.16. The van der Waals surface area contributed by atoms with Gasteiger partial charge in [0.15, 0.2) is 0 Å². The molecule has 1 aromatic carbocycles. The van der Waals surface area contributed by atoms with Crippen LogP contribution >= 0.6 is 11.3 Å². The van der Waals surface area contributed by atoms with Gasteiger partial charge in [-0.2, -0.15) is 0 Å². The molecule has 0 bridgehead atoms. The molecule has 1 saturated carbocycles. The van der Waals surface area contributed by atoms with Gasteiger partial charge in [0.2, 0.25) is 5.91 Å². The fraction of sp³-hybridized carbons (Fsp3) is 0.600. The van der Waals surface area contributed by atoms with Crippen LogP contribution < -0.4 is 4.74 Å². The largest absolute Gasteiger partial charge is 0.486 e. The molecule has 7 heteroatoms. The fourth-order valence-electron chi connectivity index (χ4n) is 4.63. The third-order valence-corrected chi connectivity index (χ3v) is 7.19. The summed E-state index contributed by atoms with van der Waals surface area (Å²) >= 11 is 1.61. The number of carbonyl (C=O) groups excluding carboxylic acids is 1. The second-order valence-electron chi connectivity index (χ2n) is 9.04. The van der Waals surface area contributed by atoms with Crippen LogP contribution in [0.15, 0.2) is 23.6 Å². The number of thiazole rings is 1. The smallest absolute Gasteiger partial charge is 0.226 e. The Morgan fingerprint density at radius 2 is 1.91 bits per heavy atom. The number of nitrogens with zero attached hydrogens (tertiary/aromatic N) is 3. The van der Waals surface area contributed by atoms with Crippen LogP contribution in [0, 0.1) is 19.8 Å². The first-order valence-electron chi connectivity index (χ1n) is 11.8. The number of hydrogen-bond acceptors (Lipinski definition) is 6. The number of benzene rings is 1. The molecule has 1 aliphatic carbocycles. The van der Waals surface area contributed by atoms with Crippen molar-refractivity contribution in [2.75, 3.05) is 39.4 Å². The average molecular weight is 458 g/mol. The molecule has 1 amide bonds. The first-order valence-corrected chi connectivity index (χ1v) is 12.7. The van der Waals surface area contributed by atoms with Crippen molar-refractivity contribution in [3.8, 4) is 5.75 Å². The van der Waals surface area contributed by atoms with Gasteiger partial charge in [0.05, 0.1) is 25.5 Å². The van der Waals surface area contributed by atoms with Gasteiger partial charge in [0, 0.05) is 37.5 Å². The Hall–Kier alpha value is -1.96. The molecular formula is C25H35N3O3S. The van der Waals surface area contributed by atoms with E-state index in [2.05, 4.69) is 42.3 Å². The molecule has 0 unspecified atom stereocenters. The van der Waals surface area contributed by atoms with Crippen LogP contribution in [0.4, 0.5) is 0 Å². The summed E-state index contributed by atoms with van der Waals surface area (Å²) in [7, 11) is 0. The topological polar surface area (TPSA) is 54.9 Å². The van der Waals surface area contributed by atoms with E-state index in [-0.39, 0.29) is 5.92 Å². The molecule has 4 rings (SSSR count). The second kappa shape index (κ2) is 11.3. The Labute approximate surface area is 195 Å². The molecule has 1 saturated heterocycles. The van der Waals surface area contributed by atoms with E-state index < -0.39 is 0 Å². The van der Waals surface area contributed by atoms with E-state index >= 15 is 0 Å². The lowest BCUT2D eigenvalue weighted by Crippen LogP contribution is -2.44. The lowest BCUT2D eigenvalue weighted by atomic mass is 10.1. The minimum absolute atomic E-state index is 0.186. The maximum Gasteiger partial charge on any atom is 0.226 e. The van der Waals surface area contributed by atoms with Crippen molar-refractivity contribution >= 4 is 17.2 Å². The number of carbonyl (C=O) groups is 1. The predicted octanol–water partition coefficient (Wildman–Crippen LogP) is 4.19. The molecule has 174 valence electrons. The van der Waals surface area contributed by atoms with E-state index in [9.17, 15) is 4.79 Å². The zero-order chi connectivity index (χ0) is 22.3. The van der Waals surface area contributed by atoms with Crippen molar-refractivity contribution in [1.82, 2.24) is 14.8 Å². The van der Waals surface area contributed by atoms with E-state index in [4.69, 9.17) is 14.5 Å². The van der Waals surface area contributed by atoms with E-state index in [0.29, 0.717) is 19.1 Å². The van der Waals surface area contributed by atoms with Gasteiger partial charge in [0.1, 0.15) is 17.4 Å². The number of rotatable bonds is 9. The maximum absolute atomic E-state index is 13.2. The summed E-state index contributed by atoms with van der Waals surface area (Å²) in [5, 5.41) is 3.02. The molecule has 32 heavy (non-hydrogen) atoms. The number of aromatic nitrogens is 1. The maximum atomic E-state index is 13.2. The van der Waals surface area contributed by atoms with Gasteiger partial charge >= 0.3 is 0 Å². The van der Waals surface area contributed by atoms with Crippen molar-refractivity contribution in [3.05, 3.63) is 45.4 Å². The Morgan fingerprint density at radius 3 is 2.62 bits per heavy atom. The van der Waals surface area contributed by atoms with Gasteiger partial charge in [0.25, 0.3) is 0 Å². The molecule has 2 fully saturated rings. The lowest BCUT2D eigenvalue weighted by Gasteiger charge is -2.31. The summed E-state index contributed by atoms with van der Waals surface area (Å²) in [5.74, 6) is 1.37. The zero-order valence-electron chi connectivity index (χ0n) is 19.3. The van der Waals surface area contributed by atoms with Crippen LogP contribution in [0.2, 0.25) is 0 Å². The SMILES string of the molecule is Cc1cc(C)cc(OCc2nc(CN(CCN3CCOCC3)C(=O)C3CCCC3)cs2)c1. The van der Waals surface area contributed by atoms with E-state index in [1.54, 1.807) is 11.3 Å². The van der Waals surface area contributed by atoms with Crippen LogP contribution in [-0.2, 0) is 22.7 Å². The summed E-state index contributed by atoms with van der Waals surface area (Å²) in [6, 6.07) is 6.24. The highest BCUT2D eigenvalue weighted by Gasteiger charge is 2.28. The van der Waals surface area contributed by atoms with E-state index in [1.807, 2.05) is 4.90 Å². The summed E-state index contributed by atoms with van der Waals surface area (Å²) in [6.45, 7) is 10.3. The fourth-order valence-corrected chi connectivity index (χ4v) is 5.33. The molecule has 1 aromatic heterocycles. The van der Waals surface area contributed by atoms with Gasteiger partial charge in [-0.3, -0.25) is 9.69 Å². The summed E-state index contributed by atoms with van der Waals surface area (Å²) in [4.78, 5) is 22.4. The average Bonchev–Trinajstić information content (AvgIpc) is 3.47. The second-order valence-corrected chi connectivity index (χ2v) is 9.98. The number of ether oxygens (including phenoxy) is 2. The molecule has 0 radical (unpaired) electrons. The minimum atomic E-state index is 0.186. The molecular weight excluding hydrogens is 422 g/mol. The highest BCUT2D eigenvalue weighted by molar-refractivity contribution is 7.09. The first kappa shape index (κ1) is 23.2. The summed E-state index contributed by atoms with van der Waals surface area (Å²) < 4.78 is 11.4. The monoisotopic (exact) mass is 457 g/mol. The highest BCUT2D eigenvalue weighted by atomic mass is 32.1.